The first-order valence-corrected chi connectivity index (χ1v) is 6.54. The van der Waals surface area contributed by atoms with Gasteiger partial charge >= 0.3 is 0 Å². The van der Waals surface area contributed by atoms with Gasteiger partial charge in [0, 0.05) is 19.1 Å². The first-order chi connectivity index (χ1) is 9.33. The van der Waals surface area contributed by atoms with Crippen molar-refractivity contribution in [3.05, 3.63) is 47.6 Å². The Hall–Kier alpha value is -1.72. The summed E-state index contributed by atoms with van der Waals surface area (Å²) in [5.41, 5.74) is 1.15. The van der Waals surface area contributed by atoms with Crippen LogP contribution >= 0.6 is 0 Å². The molecule has 2 rings (SSSR count). The fourth-order valence-electron chi connectivity index (χ4n) is 1.92. The fraction of sp³-hybridized carbons (Fsp3) is 0.429. The molecule has 1 heterocycles. The van der Waals surface area contributed by atoms with Gasteiger partial charge in [-0.15, -0.1) is 0 Å². The number of hydrogen-bond donors (Lipinski definition) is 2. The summed E-state index contributed by atoms with van der Waals surface area (Å²) < 4.78 is 5.06. The SMILES string of the molecule is CCc1nc(CNC(CCO)c2ccccc2)no1. The molecular formula is C14H19N3O2. The van der Waals surface area contributed by atoms with Gasteiger partial charge in [0.25, 0.3) is 0 Å². The van der Waals surface area contributed by atoms with E-state index in [-0.39, 0.29) is 12.6 Å². The Balaban J connectivity index is 1.97. The minimum Gasteiger partial charge on any atom is -0.396 e. The lowest BCUT2D eigenvalue weighted by molar-refractivity contribution is 0.264. The van der Waals surface area contributed by atoms with E-state index in [2.05, 4.69) is 15.5 Å². The maximum Gasteiger partial charge on any atom is 0.226 e. The van der Waals surface area contributed by atoms with E-state index in [0.717, 1.165) is 12.0 Å². The van der Waals surface area contributed by atoms with E-state index < -0.39 is 0 Å². The maximum absolute atomic E-state index is 9.15. The van der Waals surface area contributed by atoms with Gasteiger partial charge in [-0.25, -0.2) is 0 Å². The summed E-state index contributed by atoms with van der Waals surface area (Å²) >= 11 is 0. The first kappa shape index (κ1) is 13.7. The number of aliphatic hydroxyl groups excluding tert-OH is 1. The number of rotatable bonds is 7. The van der Waals surface area contributed by atoms with E-state index in [1.165, 1.54) is 0 Å². The summed E-state index contributed by atoms with van der Waals surface area (Å²) in [6.07, 6.45) is 1.40. The lowest BCUT2D eigenvalue weighted by atomic mass is 10.0. The van der Waals surface area contributed by atoms with Crippen molar-refractivity contribution in [2.45, 2.75) is 32.4 Å². The van der Waals surface area contributed by atoms with Crippen molar-refractivity contribution in [2.24, 2.45) is 0 Å². The molecule has 0 amide bonds. The zero-order valence-corrected chi connectivity index (χ0v) is 11.0. The molecule has 1 atom stereocenters. The summed E-state index contributed by atoms with van der Waals surface area (Å²) in [6, 6.07) is 10.1. The van der Waals surface area contributed by atoms with Crippen LogP contribution in [0.15, 0.2) is 34.9 Å². The molecule has 1 aromatic carbocycles. The highest BCUT2D eigenvalue weighted by atomic mass is 16.5. The Morgan fingerprint density at radius 1 is 1.32 bits per heavy atom. The predicted molar refractivity (Wildman–Crippen MR) is 71.4 cm³/mol. The molecule has 1 unspecified atom stereocenters. The summed E-state index contributed by atoms with van der Waals surface area (Å²) in [4.78, 5) is 4.25. The maximum atomic E-state index is 9.15. The predicted octanol–water partition coefficient (Wildman–Crippen LogP) is 1.85. The highest BCUT2D eigenvalue weighted by Gasteiger charge is 2.12. The molecule has 1 aromatic heterocycles. The second-order valence-corrected chi connectivity index (χ2v) is 4.31. The molecule has 0 saturated carbocycles. The van der Waals surface area contributed by atoms with Crippen LogP contribution in [-0.2, 0) is 13.0 Å². The highest BCUT2D eigenvalue weighted by molar-refractivity contribution is 5.18. The molecule has 0 saturated heterocycles. The van der Waals surface area contributed by atoms with Crippen molar-refractivity contribution in [1.82, 2.24) is 15.5 Å². The summed E-state index contributed by atoms with van der Waals surface area (Å²) in [6.45, 7) is 2.64. The van der Waals surface area contributed by atoms with Crippen LogP contribution in [0.1, 0.15) is 36.7 Å². The van der Waals surface area contributed by atoms with Crippen molar-refractivity contribution in [3.8, 4) is 0 Å². The van der Waals surface area contributed by atoms with Crippen LogP contribution in [0.2, 0.25) is 0 Å². The van der Waals surface area contributed by atoms with Crippen LogP contribution < -0.4 is 5.32 Å². The third-order valence-electron chi connectivity index (χ3n) is 2.94. The second-order valence-electron chi connectivity index (χ2n) is 4.31. The molecule has 0 spiro atoms. The Morgan fingerprint density at radius 3 is 2.74 bits per heavy atom. The highest BCUT2D eigenvalue weighted by Crippen LogP contribution is 2.16. The van der Waals surface area contributed by atoms with Gasteiger partial charge in [-0.2, -0.15) is 4.98 Å². The summed E-state index contributed by atoms with van der Waals surface area (Å²) in [5.74, 6) is 1.30. The van der Waals surface area contributed by atoms with E-state index in [1.807, 2.05) is 37.3 Å². The standard InChI is InChI=1S/C14H19N3O2/c1-2-14-16-13(17-19-14)10-15-12(8-9-18)11-6-4-3-5-7-11/h3-7,12,15,18H,2,8-10H2,1H3. The second kappa shape index (κ2) is 7.01. The van der Waals surface area contributed by atoms with Gasteiger partial charge < -0.3 is 14.9 Å². The molecule has 102 valence electrons. The van der Waals surface area contributed by atoms with Crippen LogP contribution in [0, 0.1) is 0 Å². The number of hydrogen-bond acceptors (Lipinski definition) is 5. The molecule has 5 heteroatoms. The zero-order valence-electron chi connectivity index (χ0n) is 11.0. The number of benzene rings is 1. The smallest absolute Gasteiger partial charge is 0.226 e. The van der Waals surface area contributed by atoms with Crippen LogP contribution in [0.25, 0.3) is 0 Å². The third kappa shape index (κ3) is 3.87. The fourth-order valence-corrected chi connectivity index (χ4v) is 1.92. The minimum atomic E-state index is 0.0924. The Bertz CT molecular complexity index is 484. The number of aromatic nitrogens is 2. The van der Waals surface area contributed by atoms with E-state index in [9.17, 15) is 0 Å². The van der Waals surface area contributed by atoms with Gasteiger partial charge in [0.1, 0.15) is 0 Å². The molecule has 2 aromatic rings. The van der Waals surface area contributed by atoms with Gasteiger partial charge in [0.05, 0.1) is 6.54 Å². The molecule has 0 bridgehead atoms. The first-order valence-electron chi connectivity index (χ1n) is 6.54. The Morgan fingerprint density at radius 2 is 2.11 bits per heavy atom. The topological polar surface area (TPSA) is 71.2 Å². The molecule has 0 aliphatic carbocycles. The normalized spacial score (nSPS) is 12.5. The molecular weight excluding hydrogens is 242 g/mol. The summed E-state index contributed by atoms with van der Waals surface area (Å²) in [5, 5.41) is 16.4. The van der Waals surface area contributed by atoms with Crippen molar-refractivity contribution in [3.63, 3.8) is 0 Å². The van der Waals surface area contributed by atoms with Crippen LogP contribution in [0.4, 0.5) is 0 Å². The van der Waals surface area contributed by atoms with Gasteiger partial charge in [-0.3, -0.25) is 0 Å². The van der Waals surface area contributed by atoms with Crippen molar-refractivity contribution in [2.75, 3.05) is 6.61 Å². The van der Waals surface area contributed by atoms with Crippen LogP contribution in [-0.4, -0.2) is 21.9 Å². The molecule has 0 aliphatic heterocycles. The van der Waals surface area contributed by atoms with Gasteiger partial charge in [0.2, 0.25) is 5.89 Å². The Labute approximate surface area is 112 Å². The van der Waals surface area contributed by atoms with E-state index in [1.54, 1.807) is 0 Å². The average molecular weight is 261 g/mol. The van der Waals surface area contributed by atoms with Gasteiger partial charge in [0.15, 0.2) is 5.82 Å². The molecule has 0 radical (unpaired) electrons. The largest absolute Gasteiger partial charge is 0.396 e. The lowest BCUT2D eigenvalue weighted by Gasteiger charge is -2.17. The van der Waals surface area contributed by atoms with Crippen LogP contribution in [0.3, 0.4) is 0 Å². The van der Waals surface area contributed by atoms with E-state index in [0.29, 0.717) is 24.7 Å². The number of aryl methyl sites for hydroxylation is 1. The Kier molecular flexibility index (Phi) is 5.06. The van der Waals surface area contributed by atoms with Gasteiger partial charge in [-0.1, -0.05) is 42.4 Å². The average Bonchev–Trinajstić information content (AvgIpc) is 2.92. The molecule has 2 N–H and O–H groups in total. The zero-order chi connectivity index (χ0) is 13.5. The quantitative estimate of drug-likeness (QED) is 0.796. The van der Waals surface area contributed by atoms with E-state index >= 15 is 0 Å². The van der Waals surface area contributed by atoms with Gasteiger partial charge in [-0.05, 0) is 12.0 Å². The molecule has 0 aliphatic rings. The molecule has 0 fully saturated rings. The number of nitrogens with zero attached hydrogens (tertiary/aromatic N) is 2. The molecule has 19 heavy (non-hydrogen) atoms. The minimum absolute atomic E-state index is 0.0924. The lowest BCUT2D eigenvalue weighted by Crippen LogP contribution is -2.22. The summed E-state index contributed by atoms with van der Waals surface area (Å²) in [7, 11) is 0. The van der Waals surface area contributed by atoms with Crippen molar-refractivity contribution < 1.29 is 9.63 Å². The van der Waals surface area contributed by atoms with Crippen LogP contribution in [0.5, 0.6) is 0 Å². The number of aliphatic hydroxyl groups is 1. The van der Waals surface area contributed by atoms with Crippen molar-refractivity contribution in [1.29, 1.82) is 0 Å². The van der Waals surface area contributed by atoms with E-state index in [4.69, 9.17) is 9.63 Å². The number of nitrogens with one attached hydrogen (secondary N) is 1. The monoisotopic (exact) mass is 261 g/mol. The van der Waals surface area contributed by atoms with Crippen molar-refractivity contribution >= 4 is 0 Å². The molecule has 5 nitrogen and oxygen atoms in total. The third-order valence-corrected chi connectivity index (χ3v) is 2.94.